The van der Waals surface area contributed by atoms with E-state index >= 15 is 0 Å². The monoisotopic (exact) mass is 155 g/mol. The Hall–Kier alpha value is -1.16. The largest absolute Gasteiger partial charge is 0.324 e. The first-order valence-electron chi connectivity index (χ1n) is 2.60. The van der Waals surface area contributed by atoms with Crippen LogP contribution in [0.3, 0.4) is 0 Å². The van der Waals surface area contributed by atoms with Crippen molar-refractivity contribution in [2.45, 2.75) is 0 Å². The minimum absolute atomic E-state index is 0.162. The molecule has 0 radical (unpaired) electrons. The van der Waals surface area contributed by atoms with Gasteiger partial charge in [0.1, 0.15) is 0 Å². The molecule has 0 bridgehead atoms. The van der Waals surface area contributed by atoms with Crippen LogP contribution in [0.1, 0.15) is 4.88 Å². The highest BCUT2D eigenvalue weighted by Gasteiger charge is 2.06. The van der Waals surface area contributed by atoms with Gasteiger partial charge in [-0.15, -0.1) is 0 Å². The van der Waals surface area contributed by atoms with Crippen LogP contribution in [0.4, 0.5) is 5.00 Å². The van der Waals surface area contributed by atoms with Gasteiger partial charge in [0.05, 0.1) is 4.92 Å². The van der Waals surface area contributed by atoms with Gasteiger partial charge in [-0.2, -0.15) is 0 Å². The molecule has 0 aliphatic rings. The van der Waals surface area contributed by atoms with Crippen molar-refractivity contribution in [2.24, 2.45) is 0 Å². The summed E-state index contributed by atoms with van der Waals surface area (Å²) in [5, 5.41) is 10.3. The summed E-state index contributed by atoms with van der Waals surface area (Å²) in [5.41, 5.74) is 0. The quantitative estimate of drug-likeness (QED) is 0.485. The summed E-state index contributed by atoms with van der Waals surface area (Å²) in [6.07, 6.45) is 1.59. The average Bonchev–Trinajstić information content (AvgIpc) is 2.34. The van der Waals surface area contributed by atoms with E-state index in [1.165, 1.54) is 6.07 Å². The zero-order chi connectivity index (χ0) is 7.56. The summed E-state index contributed by atoms with van der Waals surface area (Å²) in [6.45, 7) is 3.49. The third kappa shape index (κ3) is 1.22. The van der Waals surface area contributed by atoms with E-state index in [9.17, 15) is 10.1 Å². The van der Waals surface area contributed by atoms with Crippen molar-refractivity contribution in [3.63, 3.8) is 0 Å². The first kappa shape index (κ1) is 6.95. The molecule has 3 nitrogen and oxygen atoms in total. The summed E-state index contributed by atoms with van der Waals surface area (Å²) in [6, 6.07) is 3.15. The Morgan fingerprint density at radius 2 is 2.40 bits per heavy atom. The van der Waals surface area contributed by atoms with E-state index in [4.69, 9.17) is 0 Å². The summed E-state index contributed by atoms with van der Waals surface area (Å²) in [4.78, 5) is 10.5. The zero-order valence-corrected chi connectivity index (χ0v) is 5.93. The molecule has 0 N–H and O–H groups in total. The van der Waals surface area contributed by atoms with Crippen LogP contribution in [0, 0.1) is 10.1 Å². The van der Waals surface area contributed by atoms with Crippen LogP contribution >= 0.6 is 11.3 Å². The van der Waals surface area contributed by atoms with Crippen molar-refractivity contribution in [3.8, 4) is 0 Å². The number of nitrogens with zero attached hydrogens (tertiary/aromatic N) is 1. The Morgan fingerprint density at radius 1 is 1.70 bits per heavy atom. The maximum absolute atomic E-state index is 10.1. The van der Waals surface area contributed by atoms with E-state index in [2.05, 4.69) is 6.58 Å². The van der Waals surface area contributed by atoms with Crippen LogP contribution in [0.15, 0.2) is 18.7 Å². The fourth-order valence-electron chi connectivity index (χ4n) is 0.550. The minimum Gasteiger partial charge on any atom is -0.258 e. The van der Waals surface area contributed by atoms with E-state index in [0.717, 1.165) is 16.2 Å². The van der Waals surface area contributed by atoms with Gasteiger partial charge in [0, 0.05) is 10.9 Å². The molecule has 0 saturated carbocycles. The molecular weight excluding hydrogens is 150 g/mol. The molecule has 0 aromatic carbocycles. The molecule has 1 aromatic heterocycles. The predicted molar refractivity (Wildman–Crippen MR) is 41.1 cm³/mol. The Kier molecular flexibility index (Phi) is 1.82. The van der Waals surface area contributed by atoms with Gasteiger partial charge in [-0.25, -0.2) is 0 Å². The van der Waals surface area contributed by atoms with E-state index in [1.807, 2.05) is 0 Å². The Morgan fingerprint density at radius 3 is 2.70 bits per heavy atom. The average molecular weight is 155 g/mol. The fraction of sp³-hybridized carbons (Fsp3) is 0. The van der Waals surface area contributed by atoms with Crippen LogP contribution in [0.5, 0.6) is 0 Å². The number of hydrogen-bond acceptors (Lipinski definition) is 3. The van der Waals surface area contributed by atoms with Crippen molar-refractivity contribution in [1.82, 2.24) is 0 Å². The summed E-state index contributed by atoms with van der Waals surface area (Å²) < 4.78 is 0. The summed E-state index contributed by atoms with van der Waals surface area (Å²) in [7, 11) is 0. The molecule has 0 fully saturated rings. The van der Waals surface area contributed by atoms with Gasteiger partial charge in [0.25, 0.3) is 0 Å². The lowest BCUT2D eigenvalue weighted by Crippen LogP contribution is -1.80. The first-order chi connectivity index (χ1) is 4.74. The Labute approximate surface area is 61.8 Å². The van der Waals surface area contributed by atoms with Crippen molar-refractivity contribution in [1.29, 1.82) is 0 Å². The second-order valence-electron chi connectivity index (χ2n) is 1.64. The third-order valence-electron chi connectivity index (χ3n) is 0.994. The molecule has 0 spiro atoms. The van der Waals surface area contributed by atoms with Crippen LogP contribution in [0.2, 0.25) is 0 Å². The maximum Gasteiger partial charge on any atom is 0.324 e. The number of rotatable bonds is 2. The van der Waals surface area contributed by atoms with Gasteiger partial charge >= 0.3 is 5.00 Å². The van der Waals surface area contributed by atoms with Crippen molar-refractivity contribution >= 4 is 22.4 Å². The third-order valence-corrected chi connectivity index (χ3v) is 2.03. The molecule has 4 heteroatoms. The zero-order valence-electron chi connectivity index (χ0n) is 5.11. The van der Waals surface area contributed by atoms with E-state index in [0.29, 0.717) is 0 Å². The summed E-state index contributed by atoms with van der Waals surface area (Å²) >= 11 is 1.12. The van der Waals surface area contributed by atoms with Gasteiger partial charge < -0.3 is 0 Å². The highest BCUT2D eigenvalue weighted by Crippen LogP contribution is 2.24. The molecule has 10 heavy (non-hydrogen) atoms. The van der Waals surface area contributed by atoms with Gasteiger partial charge in [0.2, 0.25) is 0 Å². The molecule has 0 unspecified atom stereocenters. The van der Waals surface area contributed by atoms with Crippen molar-refractivity contribution in [3.05, 3.63) is 33.7 Å². The molecule has 1 heterocycles. The van der Waals surface area contributed by atoms with Gasteiger partial charge in [0.15, 0.2) is 0 Å². The molecule has 52 valence electrons. The van der Waals surface area contributed by atoms with E-state index in [-0.39, 0.29) is 5.00 Å². The smallest absolute Gasteiger partial charge is 0.258 e. The highest BCUT2D eigenvalue weighted by atomic mass is 32.1. The van der Waals surface area contributed by atoms with Crippen LogP contribution in [-0.4, -0.2) is 4.92 Å². The molecule has 0 amide bonds. The molecule has 0 aliphatic heterocycles. The lowest BCUT2D eigenvalue weighted by molar-refractivity contribution is -0.380. The standard InChI is InChI=1S/C6H5NO2S/c1-2-5-3-4-6(10-5)7(8)9/h2-4H,1H2. The molecule has 0 aliphatic carbocycles. The Bertz CT molecular complexity index is 266. The second-order valence-corrected chi connectivity index (χ2v) is 2.73. The summed E-state index contributed by atoms with van der Waals surface area (Å²) in [5.74, 6) is 0. The van der Waals surface area contributed by atoms with Crippen molar-refractivity contribution < 1.29 is 4.92 Å². The normalized spacial score (nSPS) is 9.20. The van der Waals surface area contributed by atoms with Gasteiger partial charge in [-0.1, -0.05) is 24.0 Å². The highest BCUT2D eigenvalue weighted by molar-refractivity contribution is 7.16. The molecule has 1 rings (SSSR count). The first-order valence-corrected chi connectivity index (χ1v) is 3.42. The fourth-order valence-corrected chi connectivity index (χ4v) is 1.22. The van der Waals surface area contributed by atoms with E-state index < -0.39 is 4.92 Å². The maximum atomic E-state index is 10.1. The van der Waals surface area contributed by atoms with Crippen molar-refractivity contribution in [2.75, 3.05) is 0 Å². The van der Waals surface area contributed by atoms with Crippen LogP contribution in [-0.2, 0) is 0 Å². The number of hydrogen-bond donors (Lipinski definition) is 0. The van der Waals surface area contributed by atoms with Gasteiger partial charge in [-0.05, 0) is 6.07 Å². The number of thiophene rings is 1. The molecule has 0 saturated heterocycles. The molecule has 0 atom stereocenters. The SMILES string of the molecule is C=Cc1ccc([N+](=O)[O-])s1. The Balaban J connectivity index is 2.98. The lowest BCUT2D eigenvalue weighted by Gasteiger charge is -1.78. The predicted octanol–water partition coefficient (Wildman–Crippen LogP) is 2.30. The second kappa shape index (κ2) is 2.62. The topological polar surface area (TPSA) is 43.1 Å². The number of nitro groups is 1. The molecular formula is C6H5NO2S. The van der Waals surface area contributed by atoms with Crippen LogP contribution < -0.4 is 0 Å². The van der Waals surface area contributed by atoms with Gasteiger partial charge in [-0.3, -0.25) is 10.1 Å². The minimum atomic E-state index is -0.405. The van der Waals surface area contributed by atoms with Crippen LogP contribution in [0.25, 0.3) is 6.08 Å². The van der Waals surface area contributed by atoms with E-state index in [1.54, 1.807) is 12.1 Å². The molecule has 1 aromatic rings. The lowest BCUT2D eigenvalue weighted by atomic mass is 10.5.